The molecule has 122 valence electrons. The van der Waals surface area contributed by atoms with E-state index in [-0.39, 0.29) is 11.9 Å². The summed E-state index contributed by atoms with van der Waals surface area (Å²) in [6.45, 7) is 6.47. The van der Waals surface area contributed by atoms with Gasteiger partial charge in [0.1, 0.15) is 16.5 Å². The van der Waals surface area contributed by atoms with Gasteiger partial charge in [-0.2, -0.15) is 0 Å². The Morgan fingerprint density at radius 1 is 1.30 bits per heavy atom. The summed E-state index contributed by atoms with van der Waals surface area (Å²) >= 11 is 1.47. The molecule has 1 aliphatic rings. The van der Waals surface area contributed by atoms with Crippen LogP contribution < -0.4 is 5.32 Å². The monoisotopic (exact) mass is 331 g/mol. The van der Waals surface area contributed by atoms with E-state index in [4.69, 9.17) is 0 Å². The molecule has 0 radical (unpaired) electrons. The molecule has 0 bridgehead atoms. The predicted molar refractivity (Wildman–Crippen MR) is 90.9 cm³/mol. The van der Waals surface area contributed by atoms with E-state index < -0.39 is 0 Å². The Bertz CT molecular complexity index is 742. The van der Waals surface area contributed by atoms with Crippen LogP contribution in [-0.2, 0) is 0 Å². The maximum Gasteiger partial charge on any atom is 0.266 e. The van der Waals surface area contributed by atoms with Crippen molar-refractivity contribution >= 4 is 23.1 Å². The van der Waals surface area contributed by atoms with Crippen LogP contribution in [0.3, 0.4) is 0 Å². The summed E-state index contributed by atoms with van der Waals surface area (Å²) in [6, 6.07) is 1.95. The summed E-state index contributed by atoms with van der Waals surface area (Å²) in [5.74, 6) is 1.57. The molecule has 3 rings (SSSR count). The Hall–Kier alpha value is -2.02. The molecule has 0 spiro atoms. The zero-order valence-electron chi connectivity index (χ0n) is 13.9. The van der Waals surface area contributed by atoms with E-state index in [0.717, 1.165) is 52.3 Å². The van der Waals surface area contributed by atoms with Gasteiger partial charge in [-0.25, -0.2) is 15.0 Å². The number of hydrogen-bond acceptors (Lipinski definition) is 6. The second-order valence-electron chi connectivity index (χ2n) is 5.78. The van der Waals surface area contributed by atoms with E-state index in [1.807, 2.05) is 38.8 Å². The topological polar surface area (TPSA) is 71.0 Å². The zero-order valence-corrected chi connectivity index (χ0v) is 14.7. The molecule has 1 atom stereocenters. The lowest BCUT2D eigenvalue weighted by molar-refractivity contribution is 0.0736. The minimum atomic E-state index is 0.0121. The van der Waals surface area contributed by atoms with Gasteiger partial charge < -0.3 is 10.2 Å². The zero-order chi connectivity index (χ0) is 16.6. The number of carbonyl (C=O) groups is 1. The molecule has 0 aromatic carbocycles. The molecule has 1 N–H and O–H groups in total. The Balaban J connectivity index is 1.92. The van der Waals surface area contributed by atoms with Gasteiger partial charge in [0.05, 0.1) is 22.4 Å². The van der Waals surface area contributed by atoms with Crippen LogP contribution in [0.15, 0.2) is 6.07 Å². The van der Waals surface area contributed by atoms with Crippen molar-refractivity contribution < 1.29 is 4.79 Å². The molecule has 1 fully saturated rings. The number of nitrogens with one attached hydrogen (secondary N) is 1. The van der Waals surface area contributed by atoms with Crippen LogP contribution in [0.2, 0.25) is 0 Å². The van der Waals surface area contributed by atoms with Crippen LogP contribution in [-0.4, -0.2) is 39.4 Å². The molecule has 2 aromatic heterocycles. The normalized spacial score (nSPS) is 17.6. The Morgan fingerprint density at radius 2 is 2.09 bits per heavy atom. The number of aryl methyl sites for hydroxylation is 3. The summed E-state index contributed by atoms with van der Waals surface area (Å²) in [5.41, 5.74) is 1.73. The highest BCUT2D eigenvalue weighted by atomic mass is 32.1. The van der Waals surface area contributed by atoms with Crippen LogP contribution in [0.5, 0.6) is 0 Å². The molecular weight excluding hydrogens is 310 g/mol. The van der Waals surface area contributed by atoms with Crippen LogP contribution in [0.4, 0.5) is 5.82 Å². The van der Waals surface area contributed by atoms with E-state index in [2.05, 4.69) is 20.3 Å². The van der Waals surface area contributed by atoms with Gasteiger partial charge in [-0.15, -0.1) is 11.3 Å². The standard InChI is InChI=1S/C16H21N5OS/c1-9-15(23-11(3)18-9)16(22)21-7-5-6-13(21)12-8-14(17-4)20-10(2)19-12/h8,13H,5-7H2,1-4H3,(H,17,19,20)/t13-/m0/s1. The highest BCUT2D eigenvalue weighted by Crippen LogP contribution is 2.34. The van der Waals surface area contributed by atoms with Gasteiger partial charge in [0.15, 0.2) is 0 Å². The number of thiazole rings is 1. The third-order valence-electron chi connectivity index (χ3n) is 4.07. The maximum absolute atomic E-state index is 12.9. The fourth-order valence-corrected chi connectivity index (χ4v) is 3.94. The van der Waals surface area contributed by atoms with Gasteiger partial charge in [-0.3, -0.25) is 4.79 Å². The molecule has 6 nitrogen and oxygen atoms in total. The van der Waals surface area contributed by atoms with Crippen molar-refractivity contribution in [1.82, 2.24) is 19.9 Å². The average Bonchev–Trinajstić information content (AvgIpc) is 3.12. The van der Waals surface area contributed by atoms with Crippen molar-refractivity contribution in [3.05, 3.63) is 33.2 Å². The Kier molecular flexibility index (Phi) is 4.30. The highest BCUT2D eigenvalue weighted by Gasteiger charge is 2.33. The summed E-state index contributed by atoms with van der Waals surface area (Å²) in [4.78, 5) is 28.9. The lowest BCUT2D eigenvalue weighted by atomic mass is 10.1. The first-order valence-corrected chi connectivity index (χ1v) is 8.59. The average molecular weight is 331 g/mol. The second-order valence-corrected chi connectivity index (χ2v) is 6.98. The van der Waals surface area contributed by atoms with Gasteiger partial charge in [0.25, 0.3) is 5.91 Å². The summed E-state index contributed by atoms with van der Waals surface area (Å²) < 4.78 is 0. The summed E-state index contributed by atoms with van der Waals surface area (Å²) in [7, 11) is 1.84. The van der Waals surface area contributed by atoms with Gasteiger partial charge in [-0.05, 0) is 33.6 Å². The van der Waals surface area contributed by atoms with E-state index in [1.54, 1.807) is 0 Å². The number of hydrogen-bond donors (Lipinski definition) is 1. The van der Waals surface area contributed by atoms with Crippen molar-refractivity contribution in [3.8, 4) is 0 Å². The fourth-order valence-electron chi connectivity index (χ4n) is 3.07. The lowest BCUT2D eigenvalue weighted by Crippen LogP contribution is -2.31. The first kappa shape index (κ1) is 15.9. The van der Waals surface area contributed by atoms with Crippen LogP contribution in [0, 0.1) is 20.8 Å². The van der Waals surface area contributed by atoms with Crippen molar-refractivity contribution in [3.63, 3.8) is 0 Å². The SMILES string of the molecule is CNc1cc([C@@H]2CCCN2C(=O)c2sc(C)nc2C)nc(C)n1. The van der Waals surface area contributed by atoms with E-state index in [9.17, 15) is 4.79 Å². The molecule has 2 aromatic rings. The number of aromatic nitrogens is 3. The van der Waals surface area contributed by atoms with Crippen molar-refractivity contribution in [2.24, 2.45) is 0 Å². The quantitative estimate of drug-likeness (QED) is 0.936. The molecular formula is C16H21N5OS. The van der Waals surface area contributed by atoms with Crippen LogP contribution in [0.1, 0.15) is 50.8 Å². The minimum absolute atomic E-state index is 0.0121. The van der Waals surface area contributed by atoms with Gasteiger partial charge in [0, 0.05) is 19.7 Å². The lowest BCUT2D eigenvalue weighted by Gasteiger charge is -2.24. The van der Waals surface area contributed by atoms with Gasteiger partial charge in [-0.1, -0.05) is 0 Å². The fraction of sp³-hybridized carbons (Fsp3) is 0.500. The first-order chi connectivity index (χ1) is 11.0. The number of nitrogens with zero attached hydrogens (tertiary/aromatic N) is 4. The van der Waals surface area contributed by atoms with E-state index in [0.29, 0.717) is 0 Å². The molecule has 0 saturated carbocycles. The molecule has 3 heterocycles. The van der Waals surface area contributed by atoms with Crippen molar-refractivity contribution in [1.29, 1.82) is 0 Å². The maximum atomic E-state index is 12.9. The first-order valence-electron chi connectivity index (χ1n) is 7.78. The molecule has 0 unspecified atom stereocenters. The molecule has 7 heteroatoms. The smallest absolute Gasteiger partial charge is 0.266 e. The van der Waals surface area contributed by atoms with Crippen LogP contribution >= 0.6 is 11.3 Å². The number of carbonyl (C=O) groups excluding carboxylic acids is 1. The Labute approximate surface area is 140 Å². The van der Waals surface area contributed by atoms with Gasteiger partial charge in [0.2, 0.25) is 0 Å². The molecule has 0 aliphatic carbocycles. The largest absolute Gasteiger partial charge is 0.373 e. The minimum Gasteiger partial charge on any atom is -0.373 e. The summed E-state index contributed by atoms with van der Waals surface area (Å²) in [5, 5.41) is 3.99. The second kappa shape index (κ2) is 6.23. The molecule has 1 aliphatic heterocycles. The Morgan fingerprint density at radius 3 is 2.74 bits per heavy atom. The number of rotatable bonds is 3. The van der Waals surface area contributed by atoms with Crippen molar-refractivity contribution in [2.45, 2.75) is 39.7 Å². The summed E-state index contributed by atoms with van der Waals surface area (Å²) in [6.07, 6.45) is 1.92. The molecule has 1 amide bonds. The number of amides is 1. The van der Waals surface area contributed by atoms with Crippen LogP contribution in [0.25, 0.3) is 0 Å². The third kappa shape index (κ3) is 3.06. The number of likely N-dealkylation sites (tertiary alicyclic amines) is 1. The highest BCUT2D eigenvalue weighted by molar-refractivity contribution is 7.13. The third-order valence-corrected chi connectivity index (χ3v) is 5.13. The van der Waals surface area contributed by atoms with Crippen molar-refractivity contribution in [2.75, 3.05) is 18.9 Å². The molecule has 1 saturated heterocycles. The van der Waals surface area contributed by atoms with E-state index >= 15 is 0 Å². The van der Waals surface area contributed by atoms with Gasteiger partial charge >= 0.3 is 0 Å². The predicted octanol–water partition coefficient (Wildman–Crippen LogP) is 2.88. The molecule has 23 heavy (non-hydrogen) atoms. The number of anilines is 1. The van der Waals surface area contributed by atoms with E-state index in [1.165, 1.54) is 11.3 Å².